The van der Waals surface area contributed by atoms with Crippen LogP contribution in [0.5, 0.6) is 11.5 Å². The molecule has 1 heterocycles. The van der Waals surface area contributed by atoms with Gasteiger partial charge in [-0.15, -0.1) is 11.3 Å². The summed E-state index contributed by atoms with van der Waals surface area (Å²) in [6, 6.07) is 12.5. The molecule has 0 fully saturated rings. The minimum absolute atomic E-state index is 0.210. The van der Waals surface area contributed by atoms with Crippen molar-refractivity contribution in [1.82, 2.24) is 0 Å². The van der Waals surface area contributed by atoms with Gasteiger partial charge in [0.2, 0.25) is 5.91 Å². The lowest BCUT2D eigenvalue weighted by atomic mass is 10.0. The van der Waals surface area contributed by atoms with E-state index in [9.17, 15) is 9.59 Å². The average Bonchev–Trinajstić information content (AvgIpc) is 3.21. The predicted molar refractivity (Wildman–Crippen MR) is 128 cm³/mol. The van der Waals surface area contributed by atoms with Crippen LogP contribution in [0.1, 0.15) is 22.8 Å². The first-order chi connectivity index (χ1) is 15.5. The molecule has 0 radical (unpaired) electrons. The molecular weight excluding hydrogens is 450 g/mol. The number of hydrogen-bond donors (Lipinski definition) is 1. The molecule has 0 saturated heterocycles. The van der Waals surface area contributed by atoms with Crippen molar-refractivity contribution in [3.05, 3.63) is 70.1 Å². The lowest BCUT2D eigenvalue weighted by Gasteiger charge is -2.11. The summed E-state index contributed by atoms with van der Waals surface area (Å²) in [5.41, 5.74) is 2.43. The first-order valence-electron chi connectivity index (χ1n) is 9.72. The van der Waals surface area contributed by atoms with Crippen molar-refractivity contribution in [3.8, 4) is 22.6 Å². The summed E-state index contributed by atoms with van der Waals surface area (Å²) in [6.07, 6.45) is 3.03. The van der Waals surface area contributed by atoms with Crippen LogP contribution in [-0.2, 0) is 9.53 Å². The summed E-state index contributed by atoms with van der Waals surface area (Å²) in [5, 5.41) is 5.55. The average molecular weight is 472 g/mol. The van der Waals surface area contributed by atoms with E-state index in [1.165, 1.54) is 17.4 Å². The number of anilines is 1. The van der Waals surface area contributed by atoms with E-state index in [4.69, 9.17) is 25.8 Å². The molecule has 166 valence electrons. The summed E-state index contributed by atoms with van der Waals surface area (Å²) in [7, 11) is 3.09. The first-order valence-corrected chi connectivity index (χ1v) is 11.0. The van der Waals surface area contributed by atoms with E-state index in [0.717, 1.165) is 11.1 Å². The molecule has 0 spiro atoms. The quantitative estimate of drug-likeness (QED) is 0.326. The van der Waals surface area contributed by atoms with E-state index in [1.54, 1.807) is 62.9 Å². The molecule has 1 N–H and O–H groups in total. The van der Waals surface area contributed by atoms with Gasteiger partial charge in [-0.2, -0.15) is 0 Å². The highest BCUT2D eigenvalue weighted by Crippen LogP contribution is 2.39. The van der Waals surface area contributed by atoms with E-state index >= 15 is 0 Å². The third-order valence-corrected chi connectivity index (χ3v) is 5.61. The number of carbonyl (C=O) groups excluding carboxylic acids is 2. The molecule has 0 aliphatic rings. The number of esters is 1. The van der Waals surface area contributed by atoms with Gasteiger partial charge in [-0.05, 0) is 48.4 Å². The van der Waals surface area contributed by atoms with Crippen LogP contribution in [-0.4, -0.2) is 32.7 Å². The number of rotatable bonds is 8. The minimum Gasteiger partial charge on any atom is -0.493 e. The molecule has 6 nitrogen and oxygen atoms in total. The monoisotopic (exact) mass is 471 g/mol. The molecule has 0 aliphatic heterocycles. The zero-order valence-electron chi connectivity index (χ0n) is 17.8. The van der Waals surface area contributed by atoms with Gasteiger partial charge < -0.3 is 19.5 Å². The molecule has 1 aromatic heterocycles. The second-order valence-electron chi connectivity index (χ2n) is 6.52. The van der Waals surface area contributed by atoms with E-state index in [-0.39, 0.29) is 18.1 Å². The number of halogens is 1. The van der Waals surface area contributed by atoms with Crippen LogP contribution >= 0.6 is 22.9 Å². The van der Waals surface area contributed by atoms with E-state index in [1.807, 2.05) is 12.1 Å². The van der Waals surface area contributed by atoms with Gasteiger partial charge in [-0.3, -0.25) is 4.79 Å². The van der Waals surface area contributed by atoms with Crippen LogP contribution in [0.3, 0.4) is 0 Å². The van der Waals surface area contributed by atoms with Gasteiger partial charge >= 0.3 is 5.97 Å². The van der Waals surface area contributed by atoms with Crippen LogP contribution in [0.4, 0.5) is 5.00 Å². The highest BCUT2D eigenvalue weighted by molar-refractivity contribution is 7.15. The van der Waals surface area contributed by atoms with Crippen LogP contribution in [0.15, 0.2) is 53.9 Å². The molecule has 0 bridgehead atoms. The number of hydrogen-bond acceptors (Lipinski definition) is 6. The van der Waals surface area contributed by atoms with Gasteiger partial charge in [0, 0.05) is 22.0 Å². The Bertz CT molecular complexity index is 1160. The summed E-state index contributed by atoms with van der Waals surface area (Å²) >= 11 is 7.22. The SMILES string of the molecule is CCOC(=O)c1c(-c2ccc(OC)c(OC)c2)csc1NC(=O)/C=C/c1cccc(Cl)c1. The maximum Gasteiger partial charge on any atom is 0.341 e. The zero-order valence-corrected chi connectivity index (χ0v) is 19.4. The molecule has 0 saturated carbocycles. The van der Waals surface area contributed by atoms with E-state index < -0.39 is 5.97 Å². The van der Waals surface area contributed by atoms with Crippen LogP contribution in [0, 0.1) is 0 Å². The van der Waals surface area contributed by atoms with Gasteiger partial charge in [0.1, 0.15) is 10.6 Å². The highest BCUT2D eigenvalue weighted by atomic mass is 35.5. The largest absolute Gasteiger partial charge is 0.493 e. The Balaban J connectivity index is 1.92. The Morgan fingerprint density at radius 3 is 2.56 bits per heavy atom. The summed E-state index contributed by atoms with van der Waals surface area (Å²) in [4.78, 5) is 25.3. The predicted octanol–water partition coefficient (Wildman–Crippen LogP) is 5.91. The second kappa shape index (κ2) is 10.8. The number of methoxy groups -OCH3 is 2. The fraction of sp³-hybridized carbons (Fsp3) is 0.167. The molecule has 0 aliphatic carbocycles. The first kappa shape index (κ1) is 23.4. The topological polar surface area (TPSA) is 73.9 Å². The van der Waals surface area contributed by atoms with E-state index in [2.05, 4.69) is 5.32 Å². The van der Waals surface area contributed by atoms with Gasteiger partial charge in [0.15, 0.2) is 11.5 Å². The molecule has 32 heavy (non-hydrogen) atoms. The zero-order chi connectivity index (χ0) is 23.1. The van der Waals surface area contributed by atoms with Crippen molar-refractivity contribution < 1.29 is 23.8 Å². The summed E-state index contributed by atoms with van der Waals surface area (Å²) < 4.78 is 15.9. The lowest BCUT2D eigenvalue weighted by molar-refractivity contribution is -0.111. The van der Waals surface area contributed by atoms with Gasteiger partial charge in [0.25, 0.3) is 0 Å². The van der Waals surface area contributed by atoms with Crippen molar-refractivity contribution in [2.75, 3.05) is 26.1 Å². The highest BCUT2D eigenvalue weighted by Gasteiger charge is 2.23. The maximum absolute atomic E-state index is 12.7. The number of ether oxygens (including phenoxy) is 3. The third-order valence-electron chi connectivity index (χ3n) is 4.48. The summed E-state index contributed by atoms with van der Waals surface area (Å²) in [6.45, 7) is 1.94. The lowest BCUT2D eigenvalue weighted by Crippen LogP contribution is -2.12. The fourth-order valence-electron chi connectivity index (χ4n) is 3.01. The molecule has 3 rings (SSSR count). The van der Waals surface area contributed by atoms with E-state index in [0.29, 0.717) is 27.1 Å². The van der Waals surface area contributed by atoms with Gasteiger partial charge in [-0.25, -0.2) is 4.79 Å². The third kappa shape index (κ3) is 5.49. The van der Waals surface area contributed by atoms with Crippen molar-refractivity contribution in [2.24, 2.45) is 0 Å². The molecule has 3 aromatic rings. The number of thiophene rings is 1. The van der Waals surface area contributed by atoms with Crippen molar-refractivity contribution >= 4 is 45.9 Å². The Labute approximate surface area is 195 Å². The Morgan fingerprint density at radius 1 is 1.09 bits per heavy atom. The Kier molecular flexibility index (Phi) is 7.92. The number of benzene rings is 2. The normalized spacial score (nSPS) is 10.8. The molecule has 0 unspecified atom stereocenters. The molecule has 0 atom stereocenters. The molecule has 1 amide bonds. The fourth-order valence-corrected chi connectivity index (χ4v) is 4.17. The van der Waals surface area contributed by atoms with Gasteiger partial charge in [0.05, 0.1) is 20.8 Å². The molecular formula is C24H22ClNO5S. The number of carbonyl (C=O) groups is 2. The second-order valence-corrected chi connectivity index (χ2v) is 7.84. The number of nitrogens with one attached hydrogen (secondary N) is 1. The van der Waals surface area contributed by atoms with Gasteiger partial charge in [-0.1, -0.05) is 29.8 Å². The Hall–Kier alpha value is -3.29. The maximum atomic E-state index is 12.7. The smallest absolute Gasteiger partial charge is 0.341 e. The number of amides is 1. The molecule has 2 aromatic carbocycles. The Morgan fingerprint density at radius 2 is 1.88 bits per heavy atom. The molecule has 8 heteroatoms. The van der Waals surface area contributed by atoms with Crippen LogP contribution < -0.4 is 14.8 Å². The summed E-state index contributed by atoms with van der Waals surface area (Å²) in [5.74, 6) is 0.203. The van der Waals surface area contributed by atoms with Crippen LogP contribution in [0.2, 0.25) is 5.02 Å². The standard InChI is InChI=1S/C24H22ClNO5S/c1-4-31-24(28)22-18(16-9-10-19(29-2)20(13-16)30-3)14-32-23(22)26-21(27)11-8-15-6-5-7-17(25)12-15/h5-14H,4H2,1-3H3,(H,26,27)/b11-8+. The van der Waals surface area contributed by atoms with Crippen molar-refractivity contribution in [2.45, 2.75) is 6.92 Å². The van der Waals surface area contributed by atoms with Crippen LogP contribution in [0.25, 0.3) is 17.2 Å². The van der Waals surface area contributed by atoms with Crippen molar-refractivity contribution in [1.29, 1.82) is 0 Å². The van der Waals surface area contributed by atoms with Crippen molar-refractivity contribution in [3.63, 3.8) is 0 Å². The minimum atomic E-state index is -0.521.